The molecule has 7 heteroatoms. The molecule has 0 bridgehead atoms. The van der Waals surface area contributed by atoms with E-state index in [0.717, 1.165) is 29.0 Å². The zero-order chi connectivity index (χ0) is 18.3. The lowest BCUT2D eigenvalue weighted by molar-refractivity contribution is 0.0929. The molecule has 1 aromatic carbocycles. The van der Waals surface area contributed by atoms with E-state index in [0.29, 0.717) is 10.9 Å². The topological polar surface area (TPSA) is 72.7 Å². The molecule has 1 saturated carbocycles. The number of hydrogen-bond acceptors (Lipinski definition) is 5. The number of ether oxygens (including phenoxy) is 1. The summed E-state index contributed by atoms with van der Waals surface area (Å²) in [7, 11) is 1.62. The van der Waals surface area contributed by atoms with Crippen LogP contribution in [0.2, 0.25) is 0 Å². The van der Waals surface area contributed by atoms with E-state index in [1.54, 1.807) is 13.3 Å². The fourth-order valence-electron chi connectivity index (χ4n) is 3.08. The van der Waals surface area contributed by atoms with E-state index in [1.165, 1.54) is 21.9 Å². The maximum atomic E-state index is 12.8. The molecule has 6 nitrogen and oxygen atoms in total. The molecule has 0 saturated heterocycles. The second kappa shape index (κ2) is 6.57. The van der Waals surface area contributed by atoms with Gasteiger partial charge in [-0.1, -0.05) is 12.1 Å². The lowest BCUT2D eigenvalue weighted by atomic mass is 10.0. The van der Waals surface area contributed by atoms with Gasteiger partial charge in [0.2, 0.25) is 0 Å². The number of benzene rings is 1. The van der Waals surface area contributed by atoms with E-state index in [9.17, 15) is 9.59 Å². The SMILES string of the molecule is COc1ccc(C(NC(=O)c2cnc3sc(C)cn3c2=O)C2CC2)cc1. The smallest absolute Gasteiger partial charge is 0.271 e. The van der Waals surface area contributed by atoms with Gasteiger partial charge in [-0.25, -0.2) is 4.98 Å². The van der Waals surface area contributed by atoms with Crippen LogP contribution >= 0.6 is 11.3 Å². The first-order valence-electron chi connectivity index (χ1n) is 8.49. The molecule has 1 amide bonds. The molecule has 0 aliphatic heterocycles. The predicted molar refractivity (Wildman–Crippen MR) is 100 cm³/mol. The number of aryl methyl sites for hydroxylation is 1. The Morgan fingerprint density at radius 3 is 2.73 bits per heavy atom. The molecule has 26 heavy (non-hydrogen) atoms. The van der Waals surface area contributed by atoms with Gasteiger partial charge in [0.25, 0.3) is 11.5 Å². The van der Waals surface area contributed by atoms with Crippen LogP contribution in [-0.4, -0.2) is 22.4 Å². The summed E-state index contributed by atoms with van der Waals surface area (Å²) in [4.78, 5) is 31.2. The van der Waals surface area contributed by atoms with Gasteiger partial charge in [-0.3, -0.25) is 14.0 Å². The number of amides is 1. The van der Waals surface area contributed by atoms with E-state index in [1.807, 2.05) is 31.2 Å². The number of thiazole rings is 1. The summed E-state index contributed by atoms with van der Waals surface area (Å²) in [5, 5.41) is 3.03. The van der Waals surface area contributed by atoms with Gasteiger partial charge in [0.1, 0.15) is 11.3 Å². The Labute approximate surface area is 154 Å². The molecule has 1 atom stereocenters. The van der Waals surface area contributed by atoms with E-state index >= 15 is 0 Å². The fourth-order valence-corrected chi connectivity index (χ4v) is 3.87. The third-order valence-electron chi connectivity index (χ3n) is 4.62. The van der Waals surface area contributed by atoms with Crippen LogP contribution in [0.5, 0.6) is 5.75 Å². The Kier molecular flexibility index (Phi) is 4.24. The summed E-state index contributed by atoms with van der Waals surface area (Å²) in [5.74, 6) is 0.791. The fraction of sp³-hybridized carbons (Fsp3) is 0.316. The molecule has 0 spiro atoms. The number of hydrogen-bond donors (Lipinski definition) is 1. The van der Waals surface area contributed by atoms with Crippen molar-refractivity contribution >= 4 is 22.2 Å². The largest absolute Gasteiger partial charge is 0.497 e. The summed E-state index contributed by atoms with van der Waals surface area (Å²) in [6.45, 7) is 1.91. The molecule has 134 valence electrons. The Morgan fingerprint density at radius 2 is 2.08 bits per heavy atom. The second-order valence-corrected chi connectivity index (χ2v) is 7.75. The number of rotatable bonds is 5. The van der Waals surface area contributed by atoms with Crippen LogP contribution in [0.25, 0.3) is 4.96 Å². The lowest BCUT2D eigenvalue weighted by Crippen LogP contribution is -2.34. The highest BCUT2D eigenvalue weighted by Gasteiger charge is 2.34. The molecule has 1 fully saturated rings. The van der Waals surface area contributed by atoms with Crippen LogP contribution < -0.4 is 15.6 Å². The maximum Gasteiger partial charge on any atom is 0.271 e. The zero-order valence-corrected chi connectivity index (χ0v) is 15.4. The average Bonchev–Trinajstić information content (AvgIpc) is 3.41. The molecule has 1 N–H and O–H groups in total. The molecule has 3 aromatic rings. The monoisotopic (exact) mass is 369 g/mol. The Balaban J connectivity index is 1.62. The van der Waals surface area contributed by atoms with Gasteiger partial charge in [0.15, 0.2) is 4.96 Å². The van der Waals surface area contributed by atoms with Crippen molar-refractivity contribution in [2.24, 2.45) is 5.92 Å². The molecular weight excluding hydrogens is 350 g/mol. The summed E-state index contributed by atoms with van der Waals surface area (Å²) in [5.41, 5.74) is 0.753. The standard InChI is InChI=1S/C19H19N3O3S/c1-11-10-22-18(24)15(9-20-19(22)26-11)17(23)21-16(12-3-4-12)13-5-7-14(25-2)8-6-13/h5-10,12,16H,3-4H2,1-2H3,(H,21,23). The third-order valence-corrected chi connectivity index (χ3v) is 5.53. The van der Waals surface area contributed by atoms with E-state index in [4.69, 9.17) is 4.74 Å². The second-order valence-electron chi connectivity index (χ2n) is 6.53. The van der Waals surface area contributed by atoms with Crippen LogP contribution in [0.1, 0.15) is 39.7 Å². The van der Waals surface area contributed by atoms with Gasteiger partial charge in [0.05, 0.1) is 13.2 Å². The number of carbonyl (C=O) groups is 1. The first-order valence-corrected chi connectivity index (χ1v) is 9.31. The highest BCUT2D eigenvalue weighted by atomic mass is 32.1. The maximum absolute atomic E-state index is 12.8. The van der Waals surface area contributed by atoms with Crippen molar-refractivity contribution in [3.05, 3.63) is 63.0 Å². The van der Waals surface area contributed by atoms with Crippen LogP contribution in [0, 0.1) is 12.8 Å². The van der Waals surface area contributed by atoms with Gasteiger partial charge in [-0.15, -0.1) is 11.3 Å². The van der Waals surface area contributed by atoms with Crippen molar-refractivity contribution in [3.8, 4) is 5.75 Å². The highest BCUT2D eigenvalue weighted by molar-refractivity contribution is 7.16. The molecule has 1 aliphatic rings. The summed E-state index contributed by atoms with van der Waals surface area (Å²) >= 11 is 1.42. The number of fused-ring (bicyclic) bond motifs is 1. The first kappa shape index (κ1) is 16.8. The summed E-state index contributed by atoms with van der Waals surface area (Å²) < 4.78 is 6.63. The first-order chi connectivity index (χ1) is 12.6. The van der Waals surface area contributed by atoms with E-state index in [2.05, 4.69) is 10.3 Å². The van der Waals surface area contributed by atoms with Gasteiger partial charge >= 0.3 is 0 Å². The van der Waals surface area contributed by atoms with Gasteiger partial charge < -0.3 is 10.1 Å². The molecule has 0 radical (unpaired) electrons. The number of methoxy groups -OCH3 is 1. The number of nitrogens with zero attached hydrogens (tertiary/aromatic N) is 2. The molecule has 2 aromatic heterocycles. The van der Waals surface area contributed by atoms with Crippen LogP contribution in [0.15, 0.2) is 41.5 Å². The minimum absolute atomic E-state index is 0.0689. The number of aromatic nitrogens is 2. The predicted octanol–water partition coefficient (Wildman–Crippen LogP) is 2.95. The van der Waals surface area contributed by atoms with Crippen molar-refractivity contribution < 1.29 is 9.53 Å². The van der Waals surface area contributed by atoms with Crippen LogP contribution in [0.4, 0.5) is 0 Å². The number of nitrogens with one attached hydrogen (secondary N) is 1. The van der Waals surface area contributed by atoms with Crippen LogP contribution in [-0.2, 0) is 0 Å². The average molecular weight is 369 g/mol. The van der Waals surface area contributed by atoms with Crippen molar-refractivity contribution in [1.82, 2.24) is 14.7 Å². The van der Waals surface area contributed by atoms with E-state index in [-0.39, 0.29) is 23.1 Å². The van der Waals surface area contributed by atoms with E-state index < -0.39 is 0 Å². The normalized spacial score (nSPS) is 15.0. The zero-order valence-electron chi connectivity index (χ0n) is 14.6. The molecule has 2 heterocycles. The third kappa shape index (κ3) is 3.10. The van der Waals surface area contributed by atoms with Gasteiger partial charge in [-0.2, -0.15) is 0 Å². The molecular formula is C19H19N3O3S. The van der Waals surface area contributed by atoms with Crippen molar-refractivity contribution in [3.63, 3.8) is 0 Å². The molecule has 4 rings (SSSR count). The minimum Gasteiger partial charge on any atom is -0.497 e. The summed E-state index contributed by atoms with van der Waals surface area (Å²) in [6.07, 6.45) is 5.23. The molecule has 1 unspecified atom stereocenters. The minimum atomic E-state index is -0.381. The summed E-state index contributed by atoms with van der Waals surface area (Å²) in [6, 6.07) is 7.57. The Bertz CT molecular complexity index is 1020. The van der Waals surface area contributed by atoms with Gasteiger partial charge in [0, 0.05) is 17.3 Å². The van der Waals surface area contributed by atoms with Crippen molar-refractivity contribution in [2.45, 2.75) is 25.8 Å². The van der Waals surface area contributed by atoms with Crippen molar-refractivity contribution in [1.29, 1.82) is 0 Å². The van der Waals surface area contributed by atoms with Crippen LogP contribution in [0.3, 0.4) is 0 Å². The lowest BCUT2D eigenvalue weighted by Gasteiger charge is -2.19. The molecule has 1 aliphatic carbocycles. The highest BCUT2D eigenvalue weighted by Crippen LogP contribution is 2.41. The number of carbonyl (C=O) groups excluding carboxylic acids is 1. The quantitative estimate of drug-likeness (QED) is 0.750. The Morgan fingerprint density at radius 1 is 1.35 bits per heavy atom. The Hall–Kier alpha value is -2.67. The van der Waals surface area contributed by atoms with Gasteiger partial charge in [-0.05, 0) is 43.4 Å². The van der Waals surface area contributed by atoms with Crippen molar-refractivity contribution in [2.75, 3.05) is 7.11 Å².